The summed E-state index contributed by atoms with van der Waals surface area (Å²) in [5.41, 5.74) is 4.44. The summed E-state index contributed by atoms with van der Waals surface area (Å²) >= 11 is 3.43. The minimum atomic E-state index is -0.146. The van der Waals surface area contributed by atoms with Gasteiger partial charge in [-0.15, -0.1) is 0 Å². The lowest BCUT2D eigenvalue weighted by Gasteiger charge is -2.25. The van der Waals surface area contributed by atoms with Gasteiger partial charge >= 0.3 is 0 Å². The van der Waals surface area contributed by atoms with E-state index in [-0.39, 0.29) is 5.91 Å². The van der Waals surface area contributed by atoms with Crippen LogP contribution in [0.4, 0.5) is 0 Å². The molecular weight excluding hydrogens is 450 g/mol. The van der Waals surface area contributed by atoms with Gasteiger partial charge in [0.2, 0.25) is 0 Å². The van der Waals surface area contributed by atoms with E-state index in [0.717, 1.165) is 28.7 Å². The van der Waals surface area contributed by atoms with Crippen molar-refractivity contribution in [3.05, 3.63) is 58.1 Å². The molecule has 2 aromatic rings. The maximum Gasteiger partial charge on any atom is 0.254 e. The third kappa shape index (κ3) is 7.12. The predicted molar refractivity (Wildman–Crippen MR) is 119 cm³/mol. The van der Waals surface area contributed by atoms with Gasteiger partial charge in [0.05, 0.1) is 32.6 Å². The molecule has 1 amide bonds. The van der Waals surface area contributed by atoms with E-state index in [1.54, 1.807) is 6.21 Å². The van der Waals surface area contributed by atoms with Gasteiger partial charge in [-0.2, -0.15) is 5.10 Å². The van der Waals surface area contributed by atoms with Crippen molar-refractivity contribution in [2.24, 2.45) is 5.10 Å². The number of rotatable bonds is 9. The Morgan fingerprint density at radius 2 is 1.93 bits per heavy atom. The second-order valence-corrected chi connectivity index (χ2v) is 7.65. The number of hydrogen-bond donors (Lipinski definition) is 1. The third-order valence-electron chi connectivity index (χ3n) is 4.45. The molecule has 3 rings (SSSR count). The zero-order valence-corrected chi connectivity index (χ0v) is 18.6. The van der Waals surface area contributed by atoms with Crippen LogP contribution < -0.4 is 14.9 Å². The summed E-state index contributed by atoms with van der Waals surface area (Å²) in [5, 5.41) is 4.06. The second-order valence-electron chi connectivity index (χ2n) is 6.74. The number of benzene rings is 2. The molecule has 160 valence electrons. The SMILES string of the molecule is CCOc1cc(/C=N\NC(=O)CN2CCOCC2)ccc1OCc1ccc(Br)cc1. The molecule has 0 unspecified atom stereocenters. The standard InChI is InChI=1S/C22H26BrN3O4/c1-2-29-21-13-18(14-24-25-22(27)15-26-9-11-28-12-10-26)5-8-20(21)30-16-17-3-6-19(23)7-4-17/h3-8,13-14H,2,9-12,15-16H2,1H3,(H,25,27)/b24-14-. The number of morpholine rings is 1. The Kier molecular flexibility index (Phi) is 8.67. The average molecular weight is 476 g/mol. The van der Waals surface area contributed by atoms with Gasteiger partial charge in [-0.1, -0.05) is 28.1 Å². The Hall–Kier alpha value is -2.42. The number of amides is 1. The molecule has 1 heterocycles. The van der Waals surface area contributed by atoms with Crippen LogP contribution in [-0.2, 0) is 16.1 Å². The molecule has 0 bridgehead atoms. The molecule has 1 aliphatic heterocycles. The highest BCUT2D eigenvalue weighted by Gasteiger charge is 2.13. The number of ether oxygens (including phenoxy) is 3. The maximum absolute atomic E-state index is 12.0. The molecule has 7 nitrogen and oxygen atoms in total. The number of hydrazone groups is 1. The Bertz CT molecular complexity index is 852. The van der Waals surface area contributed by atoms with Crippen LogP contribution in [-0.4, -0.2) is 56.5 Å². The smallest absolute Gasteiger partial charge is 0.254 e. The fraction of sp³-hybridized carbons (Fsp3) is 0.364. The van der Waals surface area contributed by atoms with Crippen LogP contribution >= 0.6 is 15.9 Å². The molecule has 30 heavy (non-hydrogen) atoms. The first-order chi connectivity index (χ1) is 14.6. The van der Waals surface area contributed by atoms with E-state index in [9.17, 15) is 4.79 Å². The topological polar surface area (TPSA) is 72.4 Å². The zero-order chi connectivity index (χ0) is 21.2. The van der Waals surface area contributed by atoms with Gasteiger partial charge in [0.15, 0.2) is 11.5 Å². The molecular formula is C22H26BrN3O4. The predicted octanol–water partition coefficient (Wildman–Crippen LogP) is 3.21. The summed E-state index contributed by atoms with van der Waals surface area (Å²) in [6.07, 6.45) is 1.60. The number of nitrogens with zero attached hydrogens (tertiary/aromatic N) is 2. The minimum absolute atomic E-state index is 0.146. The van der Waals surface area contributed by atoms with E-state index < -0.39 is 0 Å². The van der Waals surface area contributed by atoms with Crippen molar-refractivity contribution < 1.29 is 19.0 Å². The highest BCUT2D eigenvalue weighted by atomic mass is 79.9. The number of carbonyl (C=O) groups is 1. The fourth-order valence-electron chi connectivity index (χ4n) is 2.91. The lowest BCUT2D eigenvalue weighted by molar-refractivity contribution is -0.123. The highest BCUT2D eigenvalue weighted by Crippen LogP contribution is 2.29. The zero-order valence-electron chi connectivity index (χ0n) is 17.0. The summed E-state index contributed by atoms with van der Waals surface area (Å²) in [4.78, 5) is 14.1. The van der Waals surface area contributed by atoms with Crippen molar-refractivity contribution in [1.82, 2.24) is 10.3 Å². The van der Waals surface area contributed by atoms with Crippen molar-refractivity contribution >= 4 is 28.1 Å². The number of nitrogens with one attached hydrogen (secondary N) is 1. The average Bonchev–Trinajstić information content (AvgIpc) is 2.75. The summed E-state index contributed by atoms with van der Waals surface area (Å²) < 4.78 is 18.0. The van der Waals surface area contributed by atoms with Gasteiger partial charge in [0.25, 0.3) is 5.91 Å². The van der Waals surface area contributed by atoms with Crippen molar-refractivity contribution in [2.45, 2.75) is 13.5 Å². The van der Waals surface area contributed by atoms with Crippen molar-refractivity contribution in [1.29, 1.82) is 0 Å². The van der Waals surface area contributed by atoms with E-state index in [0.29, 0.717) is 44.5 Å². The molecule has 0 radical (unpaired) electrons. The first-order valence-corrected chi connectivity index (χ1v) is 10.7. The Balaban J connectivity index is 1.55. The third-order valence-corrected chi connectivity index (χ3v) is 4.98. The van der Waals surface area contributed by atoms with Crippen molar-refractivity contribution in [3.8, 4) is 11.5 Å². The molecule has 0 saturated carbocycles. The van der Waals surface area contributed by atoms with E-state index >= 15 is 0 Å². The molecule has 0 atom stereocenters. The van der Waals surface area contributed by atoms with Crippen LogP contribution in [0.1, 0.15) is 18.1 Å². The first-order valence-electron chi connectivity index (χ1n) is 9.90. The molecule has 1 saturated heterocycles. The van der Waals surface area contributed by atoms with Crippen LogP contribution in [0.2, 0.25) is 0 Å². The van der Waals surface area contributed by atoms with Crippen LogP contribution in [0.25, 0.3) is 0 Å². The fourth-order valence-corrected chi connectivity index (χ4v) is 3.18. The van der Waals surface area contributed by atoms with Gasteiger partial charge in [-0.05, 0) is 48.4 Å². The van der Waals surface area contributed by atoms with Crippen molar-refractivity contribution in [3.63, 3.8) is 0 Å². The van der Waals surface area contributed by atoms with Gasteiger partial charge in [-0.3, -0.25) is 9.69 Å². The number of hydrogen-bond acceptors (Lipinski definition) is 6. The summed E-state index contributed by atoms with van der Waals surface area (Å²) in [5.74, 6) is 1.15. The summed E-state index contributed by atoms with van der Waals surface area (Å²) in [7, 11) is 0. The monoisotopic (exact) mass is 475 g/mol. The van der Waals surface area contributed by atoms with E-state index in [2.05, 4.69) is 26.5 Å². The number of halogens is 1. The van der Waals surface area contributed by atoms with Gasteiger partial charge in [0, 0.05) is 17.6 Å². The van der Waals surface area contributed by atoms with Crippen LogP contribution in [0, 0.1) is 0 Å². The summed E-state index contributed by atoms with van der Waals surface area (Å²) in [6.45, 7) is 6.04. The van der Waals surface area contributed by atoms with E-state index in [4.69, 9.17) is 14.2 Å². The Morgan fingerprint density at radius 3 is 2.67 bits per heavy atom. The largest absolute Gasteiger partial charge is 0.490 e. The quantitative estimate of drug-likeness (QED) is 0.445. The van der Waals surface area contributed by atoms with Crippen molar-refractivity contribution in [2.75, 3.05) is 39.5 Å². The normalized spacial score (nSPS) is 14.6. The second kappa shape index (κ2) is 11.7. The van der Waals surface area contributed by atoms with E-state index in [1.165, 1.54) is 0 Å². The number of carbonyl (C=O) groups excluding carboxylic acids is 1. The lowest BCUT2D eigenvalue weighted by atomic mass is 10.2. The van der Waals surface area contributed by atoms with E-state index in [1.807, 2.05) is 54.3 Å². The van der Waals surface area contributed by atoms with Gasteiger partial charge in [0.1, 0.15) is 6.61 Å². The minimum Gasteiger partial charge on any atom is -0.490 e. The van der Waals surface area contributed by atoms with Crippen LogP contribution in [0.5, 0.6) is 11.5 Å². The summed E-state index contributed by atoms with van der Waals surface area (Å²) in [6, 6.07) is 13.5. The lowest BCUT2D eigenvalue weighted by Crippen LogP contribution is -2.42. The van der Waals surface area contributed by atoms with Crippen LogP contribution in [0.3, 0.4) is 0 Å². The Morgan fingerprint density at radius 1 is 1.17 bits per heavy atom. The molecule has 8 heteroatoms. The molecule has 0 spiro atoms. The van der Waals surface area contributed by atoms with Crippen LogP contribution in [0.15, 0.2) is 52.0 Å². The molecule has 0 aromatic heterocycles. The molecule has 1 N–H and O–H groups in total. The molecule has 1 fully saturated rings. The van der Waals surface area contributed by atoms with Gasteiger partial charge < -0.3 is 14.2 Å². The molecule has 1 aliphatic rings. The highest BCUT2D eigenvalue weighted by molar-refractivity contribution is 9.10. The maximum atomic E-state index is 12.0. The Labute approximate surface area is 185 Å². The first kappa shape index (κ1) is 22.3. The molecule has 0 aliphatic carbocycles. The molecule has 2 aromatic carbocycles. The van der Waals surface area contributed by atoms with Gasteiger partial charge in [-0.25, -0.2) is 5.43 Å².